The topological polar surface area (TPSA) is 62.2 Å². The van der Waals surface area contributed by atoms with Gasteiger partial charge >= 0.3 is 0 Å². The number of aromatic nitrogens is 3. The highest BCUT2D eigenvalue weighted by molar-refractivity contribution is 7.09. The van der Waals surface area contributed by atoms with E-state index in [1.165, 1.54) is 12.1 Å². The zero-order valence-electron chi connectivity index (χ0n) is 14.5. The zero-order chi connectivity index (χ0) is 17.3. The third kappa shape index (κ3) is 3.57. The molecule has 25 heavy (non-hydrogen) atoms. The molecule has 4 heterocycles. The van der Waals surface area contributed by atoms with Gasteiger partial charge in [0.25, 0.3) is 5.91 Å². The van der Waals surface area contributed by atoms with Crippen molar-refractivity contribution in [2.24, 2.45) is 5.41 Å². The Morgan fingerprint density at radius 1 is 1.28 bits per heavy atom. The van der Waals surface area contributed by atoms with E-state index in [9.17, 15) is 4.79 Å². The van der Waals surface area contributed by atoms with E-state index in [1.807, 2.05) is 4.90 Å². The molecule has 0 aliphatic carbocycles. The molecule has 2 fully saturated rings. The van der Waals surface area contributed by atoms with Gasteiger partial charge in [-0.2, -0.15) is 0 Å². The van der Waals surface area contributed by atoms with E-state index < -0.39 is 0 Å². The Hall–Kier alpha value is -1.86. The molecular weight excluding hydrogens is 334 g/mol. The van der Waals surface area contributed by atoms with Gasteiger partial charge in [0, 0.05) is 49.4 Å². The molecule has 7 heteroatoms. The summed E-state index contributed by atoms with van der Waals surface area (Å²) in [7, 11) is 0. The van der Waals surface area contributed by atoms with Crippen LogP contribution in [0, 0.1) is 12.3 Å². The molecule has 2 aromatic heterocycles. The van der Waals surface area contributed by atoms with Crippen LogP contribution in [0.15, 0.2) is 24.0 Å². The molecule has 4 rings (SSSR count). The van der Waals surface area contributed by atoms with Crippen LogP contribution in [0.5, 0.6) is 0 Å². The summed E-state index contributed by atoms with van der Waals surface area (Å²) in [5, 5.41) is 3.28. The Kier molecular flexibility index (Phi) is 4.52. The quantitative estimate of drug-likeness (QED) is 0.844. The first kappa shape index (κ1) is 16.6. The summed E-state index contributed by atoms with van der Waals surface area (Å²) in [5.74, 6) is 0.0146. The minimum atomic E-state index is 0.0146. The van der Waals surface area contributed by atoms with Crippen LogP contribution in [0.4, 0.5) is 0 Å². The van der Waals surface area contributed by atoms with Gasteiger partial charge in [0.1, 0.15) is 5.69 Å². The van der Waals surface area contributed by atoms with Crippen LogP contribution in [-0.2, 0) is 6.54 Å². The lowest BCUT2D eigenvalue weighted by Gasteiger charge is -2.40. The number of carbonyl (C=O) groups is 1. The smallest absolute Gasteiger partial charge is 0.274 e. The molecule has 6 nitrogen and oxygen atoms in total. The number of aryl methyl sites for hydroxylation is 1. The van der Waals surface area contributed by atoms with Crippen molar-refractivity contribution in [3.05, 3.63) is 40.4 Å². The molecule has 0 bridgehead atoms. The number of hydrogen-bond acceptors (Lipinski definition) is 6. The number of amides is 1. The van der Waals surface area contributed by atoms with Crippen LogP contribution < -0.4 is 0 Å². The third-order valence-electron chi connectivity index (χ3n) is 5.30. The predicted molar refractivity (Wildman–Crippen MR) is 96.3 cm³/mol. The Labute approximate surface area is 151 Å². The fourth-order valence-corrected chi connectivity index (χ4v) is 4.76. The molecule has 0 saturated carbocycles. The SMILES string of the molecule is Cc1nc(CN2CC[C@@]3(CCCN(C(=O)c4cnccn4)C3)C2)cs1. The standard InChI is InChI=1S/C18H23N5OS/c1-14-21-15(11-25-14)10-22-8-4-18(12-22)3-2-7-23(13-18)17(24)16-9-19-5-6-20-16/h5-6,9,11H,2-4,7-8,10,12-13H2,1H3/t18-/m0/s1. The lowest BCUT2D eigenvalue weighted by molar-refractivity contribution is 0.0520. The van der Waals surface area contributed by atoms with E-state index in [2.05, 4.69) is 32.2 Å². The van der Waals surface area contributed by atoms with Gasteiger partial charge in [-0.15, -0.1) is 11.3 Å². The average molecular weight is 357 g/mol. The van der Waals surface area contributed by atoms with Crippen LogP contribution in [0.3, 0.4) is 0 Å². The van der Waals surface area contributed by atoms with Crippen molar-refractivity contribution in [1.82, 2.24) is 24.8 Å². The molecule has 132 valence electrons. The number of thiazole rings is 1. The van der Waals surface area contributed by atoms with E-state index in [1.54, 1.807) is 29.9 Å². The largest absolute Gasteiger partial charge is 0.337 e. The lowest BCUT2D eigenvalue weighted by Crippen LogP contribution is -2.47. The molecule has 1 amide bonds. The summed E-state index contributed by atoms with van der Waals surface area (Å²) >= 11 is 1.71. The number of likely N-dealkylation sites (tertiary alicyclic amines) is 2. The molecule has 1 atom stereocenters. The summed E-state index contributed by atoms with van der Waals surface area (Å²) in [6, 6.07) is 0. The van der Waals surface area contributed by atoms with Crippen molar-refractivity contribution in [3.63, 3.8) is 0 Å². The molecule has 1 spiro atoms. The van der Waals surface area contributed by atoms with Crippen LogP contribution in [0.2, 0.25) is 0 Å². The van der Waals surface area contributed by atoms with E-state index in [0.29, 0.717) is 5.69 Å². The van der Waals surface area contributed by atoms with Crippen LogP contribution in [0.25, 0.3) is 0 Å². The van der Waals surface area contributed by atoms with Crippen molar-refractivity contribution in [1.29, 1.82) is 0 Å². The van der Waals surface area contributed by atoms with Crippen molar-refractivity contribution in [2.75, 3.05) is 26.2 Å². The highest BCUT2D eigenvalue weighted by Gasteiger charge is 2.42. The molecule has 0 radical (unpaired) electrons. The van der Waals surface area contributed by atoms with Gasteiger partial charge < -0.3 is 4.90 Å². The highest BCUT2D eigenvalue weighted by Crippen LogP contribution is 2.39. The second-order valence-electron chi connectivity index (χ2n) is 7.24. The molecule has 2 aliphatic heterocycles. The van der Waals surface area contributed by atoms with Gasteiger partial charge in [0.15, 0.2) is 0 Å². The summed E-state index contributed by atoms with van der Waals surface area (Å²) in [4.78, 5) is 30.0. The van der Waals surface area contributed by atoms with E-state index in [4.69, 9.17) is 0 Å². The average Bonchev–Trinajstić information content (AvgIpc) is 3.21. The number of carbonyl (C=O) groups excluding carboxylic acids is 1. The van der Waals surface area contributed by atoms with Crippen molar-refractivity contribution >= 4 is 17.2 Å². The molecule has 2 saturated heterocycles. The maximum Gasteiger partial charge on any atom is 0.274 e. The van der Waals surface area contributed by atoms with Crippen LogP contribution in [0.1, 0.15) is 40.5 Å². The first-order valence-corrected chi connectivity index (χ1v) is 9.70. The predicted octanol–water partition coefficient (Wildman–Crippen LogP) is 2.37. The molecule has 2 aliphatic rings. The Morgan fingerprint density at radius 2 is 2.20 bits per heavy atom. The maximum absolute atomic E-state index is 12.7. The fraction of sp³-hybridized carbons (Fsp3) is 0.556. The Bertz CT molecular complexity index is 749. The molecular formula is C18H23N5OS. The van der Waals surface area contributed by atoms with Gasteiger partial charge in [0.05, 0.1) is 16.9 Å². The minimum absolute atomic E-state index is 0.0146. The number of rotatable bonds is 3. The molecule has 2 aromatic rings. The van der Waals surface area contributed by atoms with Gasteiger partial charge in [-0.05, 0) is 32.7 Å². The molecule has 0 aromatic carbocycles. The number of hydrogen-bond donors (Lipinski definition) is 0. The van der Waals surface area contributed by atoms with Gasteiger partial charge in [-0.25, -0.2) is 9.97 Å². The maximum atomic E-state index is 12.7. The number of piperidine rings is 1. The van der Waals surface area contributed by atoms with Gasteiger partial charge in [-0.3, -0.25) is 14.7 Å². The summed E-state index contributed by atoms with van der Waals surface area (Å²) in [5.41, 5.74) is 1.84. The highest BCUT2D eigenvalue weighted by atomic mass is 32.1. The Morgan fingerprint density at radius 3 is 2.96 bits per heavy atom. The second-order valence-corrected chi connectivity index (χ2v) is 8.30. The summed E-state index contributed by atoms with van der Waals surface area (Å²) in [6.07, 6.45) is 8.17. The zero-order valence-corrected chi connectivity index (χ0v) is 15.3. The van der Waals surface area contributed by atoms with Gasteiger partial charge in [-0.1, -0.05) is 0 Å². The van der Waals surface area contributed by atoms with E-state index in [0.717, 1.165) is 50.6 Å². The third-order valence-corrected chi connectivity index (χ3v) is 6.12. The first-order valence-electron chi connectivity index (χ1n) is 8.82. The monoisotopic (exact) mass is 357 g/mol. The van der Waals surface area contributed by atoms with Crippen molar-refractivity contribution < 1.29 is 4.79 Å². The van der Waals surface area contributed by atoms with E-state index >= 15 is 0 Å². The van der Waals surface area contributed by atoms with Gasteiger partial charge in [0.2, 0.25) is 0 Å². The first-order chi connectivity index (χ1) is 12.1. The minimum Gasteiger partial charge on any atom is -0.337 e. The van der Waals surface area contributed by atoms with E-state index in [-0.39, 0.29) is 11.3 Å². The fourth-order valence-electron chi connectivity index (χ4n) is 4.16. The van der Waals surface area contributed by atoms with Crippen molar-refractivity contribution in [3.8, 4) is 0 Å². The number of nitrogens with zero attached hydrogens (tertiary/aromatic N) is 5. The summed E-state index contributed by atoms with van der Waals surface area (Å²) in [6.45, 7) is 6.76. The Balaban J connectivity index is 1.41. The second kappa shape index (κ2) is 6.80. The lowest BCUT2D eigenvalue weighted by atomic mass is 9.79. The van der Waals surface area contributed by atoms with Crippen LogP contribution >= 0.6 is 11.3 Å². The normalized spacial score (nSPS) is 24.1. The molecule has 0 N–H and O–H groups in total. The summed E-state index contributed by atoms with van der Waals surface area (Å²) < 4.78 is 0. The molecule has 0 unspecified atom stereocenters. The van der Waals surface area contributed by atoms with Crippen LogP contribution in [-0.4, -0.2) is 56.8 Å². The van der Waals surface area contributed by atoms with Crippen molar-refractivity contribution in [2.45, 2.75) is 32.7 Å².